The number of rotatable bonds is 8. The first-order valence-electron chi connectivity index (χ1n) is 5.89. The van der Waals surface area contributed by atoms with Gasteiger partial charge in [0, 0.05) is 0 Å². The van der Waals surface area contributed by atoms with Crippen molar-refractivity contribution in [3.05, 3.63) is 42.7 Å². The van der Waals surface area contributed by atoms with Crippen molar-refractivity contribution in [2.24, 2.45) is 0 Å². The molecule has 1 rings (SSSR count). The highest BCUT2D eigenvalue weighted by Crippen LogP contribution is 2.12. The second kappa shape index (κ2) is 7.85. The maximum absolute atomic E-state index is 12.6. The molecule has 1 aromatic rings. The maximum atomic E-state index is 12.6. The van der Waals surface area contributed by atoms with E-state index in [2.05, 4.69) is 6.58 Å². The first kappa shape index (κ1) is 13.7. The molecule has 94 valence electrons. The fourth-order valence-electron chi connectivity index (χ4n) is 1.48. The van der Waals surface area contributed by atoms with Gasteiger partial charge in [0.05, 0.1) is 6.10 Å². The molecule has 0 aromatic heterocycles. The van der Waals surface area contributed by atoms with Crippen molar-refractivity contribution in [3.8, 4) is 5.75 Å². The van der Waals surface area contributed by atoms with Crippen LogP contribution in [0.1, 0.15) is 25.7 Å². The second-order valence-electron chi connectivity index (χ2n) is 3.99. The monoisotopic (exact) mass is 238 g/mol. The van der Waals surface area contributed by atoms with Gasteiger partial charge >= 0.3 is 0 Å². The van der Waals surface area contributed by atoms with Crippen LogP contribution < -0.4 is 4.74 Å². The summed E-state index contributed by atoms with van der Waals surface area (Å²) in [6, 6.07) is 5.79. The van der Waals surface area contributed by atoms with Crippen LogP contribution in [0.2, 0.25) is 0 Å². The number of hydrogen-bond acceptors (Lipinski definition) is 2. The number of hydrogen-bond donors (Lipinski definition) is 1. The van der Waals surface area contributed by atoms with Gasteiger partial charge < -0.3 is 9.84 Å². The van der Waals surface area contributed by atoms with Gasteiger partial charge in [0.15, 0.2) is 0 Å². The van der Waals surface area contributed by atoms with Crippen molar-refractivity contribution in [2.45, 2.75) is 31.8 Å². The van der Waals surface area contributed by atoms with E-state index >= 15 is 0 Å². The van der Waals surface area contributed by atoms with Crippen LogP contribution in [0.5, 0.6) is 5.75 Å². The molecule has 0 amide bonds. The number of allylic oxidation sites excluding steroid dienone is 1. The first-order chi connectivity index (χ1) is 8.22. The number of ether oxygens (including phenoxy) is 1. The molecule has 17 heavy (non-hydrogen) atoms. The van der Waals surface area contributed by atoms with Crippen molar-refractivity contribution < 1.29 is 14.2 Å². The number of benzene rings is 1. The summed E-state index contributed by atoms with van der Waals surface area (Å²) < 4.78 is 18.0. The Bertz CT molecular complexity index is 321. The zero-order valence-corrected chi connectivity index (χ0v) is 9.94. The molecule has 0 spiro atoms. The smallest absolute Gasteiger partial charge is 0.123 e. The lowest BCUT2D eigenvalue weighted by Crippen LogP contribution is -2.17. The summed E-state index contributed by atoms with van der Waals surface area (Å²) in [5.74, 6) is 0.291. The van der Waals surface area contributed by atoms with E-state index in [1.807, 2.05) is 6.08 Å². The molecule has 0 aliphatic rings. The molecule has 0 aliphatic carbocycles. The van der Waals surface area contributed by atoms with Gasteiger partial charge in [-0.3, -0.25) is 0 Å². The largest absolute Gasteiger partial charge is 0.491 e. The fourth-order valence-corrected chi connectivity index (χ4v) is 1.48. The minimum atomic E-state index is -0.468. The maximum Gasteiger partial charge on any atom is 0.123 e. The summed E-state index contributed by atoms with van der Waals surface area (Å²) in [5.41, 5.74) is 0. The Balaban J connectivity index is 2.16. The van der Waals surface area contributed by atoms with Crippen LogP contribution in [-0.4, -0.2) is 17.8 Å². The molecule has 1 N–H and O–H groups in total. The van der Waals surface area contributed by atoms with Gasteiger partial charge in [-0.15, -0.1) is 6.58 Å². The third-order valence-corrected chi connectivity index (χ3v) is 2.45. The lowest BCUT2D eigenvalue weighted by Gasteiger charge is -2.11. The minimum Gasteiger partial charge on any atom is -0.491 e. The number of aliphatic hydroxyl groups excluding tert-OH is 1. The van der Waals surface area contributed by atoms with Gasteiger partial charge in [0.1, 0.15) is 18.2 Å². The Hall–Kier alpha value is -1.35. The molecule has 0 unspecified atom stereocenters. The van der Waals surface area contributed by atoms with Crippen molar-refractivity contribution in [1.82, 2.24) is 0 Å². The van der Waals surface area contributed by atoms with Crippen LogP contribution in [0.15, 0.2) is 36.9 Å². The van der Waals surface area contributed by atoms with Gasteiger partial charge in [0.2, 0.25) is 0 Å². The van der Waals surface area contributed by atoms with Crippen LogP contribution in [0.4, 0.5) is 4.39 Å². The molecule has 0 saturated heterocycles. The Kier molecular flexibility index (Phi) is 6.33. The zero-order chi connectivity index (χ0) is 12.5. The predicted molar refractivity (Wildman–Crippen MR) is 66.6 cm³/mol. The second-order valence-corrected chi connectivity index (χ2v) is 3.99. The van der Waals surface area contributed by atoms with E-state index in [9.17, 15) is 9.50 Å². The first-order valence-corrected chi connectivity index (χ1v) is 5.89. The van der Waals surface area contributed by atoms with Crippen molar-refractivity contribution in [2.75, 3.05) is 6.61 Å². The molecule has 0 bridgehead atoms. The summed E-state index contributed by atoms with van der Waals surface area (Å²) in [6.45, 7) is 3.89. The number of unbranched alkanes of at least 4 members (excludes halogenated alkanes) is 2. The molecule has 0 heterocycles. The highest BCUT2D eigenvalue weighted by Gasteiger charge is 2.04. The molecule has 3 heteroatoms. The van der Waals surface area contributed by atoms with Crippen LogP contribution in [0.3, 0.4) is 0 Å². The summed E-state index contributed by atoms with van der Waals surface area (Å²) >= 11 is 0. The van der Waals surface area contributed by atoms with Crippen LogP contribution in [0, 0.1) is 5.82 Å². The zero-order valence-electron chi connectivity index (χ0n) is 9.94. The molecule has 1 aromatic carbocycles. The number of halogens is 1. The SMILES string of the molecule is C=CCCCC[C@H](O)COc1ccc(F)cc1. The van der Waals surface area contributed by atoms with E-state index in [1.165, 1.54) is 12.1 Å². The van der Waals surface area contributed by atoms with Gasteiger partial charge in [-0.25, -0.2) is 4.39 Å². The molecule has 0 radical (unpaired) electrons. The average molecular weight is 238 g/mol. The van der Waals surface area contributed by atoms with Gasteiger partial charge in [-0.2, -0.15) is 0 Å². The molecular weight excluding hydrogens is 219 g/mol. The van der Waals surface area contributed by atoms with Crippen LogP contribution in [-0.2, 0) is 0 Å². The minimum absolute atomic E-state index is 0.250. The highest BCUT2D eigenvalue weighted by molar-refractivity contribution is 5.22. The topological polar surface area (TPSA) is 29.5 Å². The fraction of sp³-hybridized carbons (Fsp3) is 0.429. The van der Waals surface area contributed by atoms with Crippen LogP contribution in [0.25, 0.3) is 0 Å². The lowest BCUT2D eigenvalue weighted by molar-refractivity contribution is 0.0977. The summed E-state index contributed by atoms with van der Waals surface area (Å²) in [7, 11) is 0. The molecular formula is C14H19FO2. The Labute approximate surface area is 102 Å². The van der Waals surface area contributed by atoms with E-state index in [4.69, 9.17) is 4.74 Å². The van der Waals surface area contributed by atoms with Gasteiger partial charge in [-0.1, -0.05) is 12.5 Å². The molecule has 2 nitrogen and oxygen atoms in total. The number of aliphatic hydroxyl groups is 1. The standard InChI is InChI=1S/C14H19FO2/c1-2-3-4-5-6-13(16)11-17-14-9-7-12(15)8-10-14/h2,7-10,13,16H,1,3-6,11H2/t13-/m0/s1. The third-order valence-electron chi connectivity index (χ3n) is 2.45. The molecule has 1 atom stereocenters. The van der Waals surface area contributed by atoms with Crippen LogP contribution >= 0.6 is 0 Å². The van der Waals surface area contributed by atoms with E-state index in [1.54, 1.807) is 12.1 Å². The van der Waals surface area contributed by atoms with E-state index in [0.717, 1.165) is 25.7 Å². The Morgan fingerprint density at radius 1 is 1.29 bits per heavy atom. The normalized spacial score (nSPS) is 12.1. The average Bonchev–Trinajstić information content (AvgIpc) is 2.34. The van der Waals surface area contributed by atoms with Gasteiger partial charge in [-0.05, 0) is 43.5 Å². The Morgan fingerprint density at radius 3 is 2.65 bits per heavy atom. The highest BCUT2D eigenvalue weighted by atomic mass is 19.1. The van der Waals surface area contributed by atoms with E-state index in [0.29, 0.717) is 5.75 Å². The summed E-state index contributed by atoms with van der Waals surface area (Å²) in [5, 5.41) is 9.64. The van der Waals surface area contributed by atoms with Crippen molar-refractivity contribution in [1.29, 1.82) is 0 Å². The summed E-state index contributed by atoms with van der Waals surface area (Å²) in [6.07, 6.45) is 5.10. The quantitative estimate of drug-likeness (QED) is 0.556. The van der Waals surface area contributed by atoms with E-state index < -0.39 is 6.10 Å². The molecule has 0 aliphatic heterocycles. The molecule has 0 fully saturated rings. The van der Waals surface area contributed by atoms with Crippen molar-refractivity contribution in [3.63, 3.8) is 0 Å². The third kappa shape index (κ3) is 6.07. The van der Waals surface area contributed by atoms with Gasteiger partial charge in [0.25, 0.3) is 0 Å². The molecule has 0 saturated carbocycles. The van der Waals surface area contributed by atoms with E-state index in [-0.39, 0.29) is 12.4 Å². The predicted octanol–water partition coefficient (Wildman–Crippen LogP) is 3.31. The summed E-state index contributed by atoms with van der Waals surface area (Å²) in [4.78, 5) is 0. The lowest BCUT2D eigenvalue weighted by atomic mass is 10.1. The van der Waals surface area contributed by atoms with Crippen molar-refractivity contribution >= 4 is 0 Å². The Morgan fingerprint density at radius 2 is 2.00 bits per heavy atom.